The molecule has 0 aliphatic heterocycles. The van der Waals surface area contributed by atoms with Crippen molar-refractivity contribution in [1.29, 1.82) is 0 Å². The lowest BCUT2D eigenvalue weighted by Crippen LogP contribution is -2.40. The smallest absolute Gasteiger partial charge is 0.226 e. The number of hydrogen-bond acceptors (Lipinski definition) is 5. The van der Waals surface area contributed by atoms with Crippen molar-refractivity contribution in [3.05, 3.63) is 41.8 Å². The van der Waals surface area contributed by atoms with Crippen LogP contribution in [0.2, 0.25) is 0 Å². The first kappa shape index (κ1) is 18.9. The number of aryl methyl sites for hydroxylation is 1. The third-order valence-corrected chi connectivity index (χ3v) is 4.05. The van der Waals surface area contributed by atoms with E-state index in [0.717, 1.165) is 5.56 Å². The molecule has 0 saturated carbocycles. The van der Waals surface area contributed by atoms with Crippen LogP contribution in [-0.4, -0.2) is 38.2 Å². The van der Waals surface area contributed by atoms with E-state index in [1.165, 1.54) is 5.56 Å². The highest BCUT2D eigenvalue weighted by Crippen LogP contribution is 2.19. The van der Waals surface area contributed by atoms with E-state index < -0.39 is 10.0 Å². The quantitative estimate of drug-likeness (QED) is 0.497. The topological polar surface area (TPSA) is 123 Å². The summed E-state index contributed by atoms with van der Waals surface area (Å²) in [6, 6.07) is 7.90. The minimum absolute atomic E-state index is 0.168. The summed E-state index contributed by atoms with van der Waals surface area (Å²) in [7, 11) is -3.50. The first-order valence-corrected chi connectivity index (χ1v) is 9.63. The van der Waals surface area contributed by atoms with Crippen molar-refractivity contribution < 1.29 is 12.8 Å². The molecule has 4 N–H and O–H groups in total. The zero-order valence-corrected chi connectivity index (χ0v) is 15.1. The summed E-state index contributed by atoms with van der Waals surface area (Å²) < 4.78 is 27.4. The number of nitrogens with one attached hydrogen (secondary N) is 2. The Morgan fingerprint density at radius 2 is 2.00 bits per heavy atom. The van der Waals surface area contributed by atoms with Gasteiger partial charge in [-0.05, 0) is 26.0 Å². The molecule has 0 unspecified atom stereocenters. The number of oxazole rings is 1. The van der Waals surface area contributed by atoms with Crippen LogP contribution in [0.1, 0.15) is 18.2 Å². The molecule has 8 nitrogen and oxygen atoms in total. The molecule has 136 valence electrons. The van der Waals surface area contributed by atoms with Crippen molar-refractivity contribution in [3.63, 3.8) is 0 Å². The molecular formula is C16H23N5O3S. The summed E-state index contributed by atoms with van der Waals surface area (Å²) in [6.45, 7) is 5.07. The Hall–Kier alpha value is -2.39. The van der Waals surface area contributed by atoms with Gasteiger partial charge in [-0.1, -0.05) is 17.7 Å². The Labute approximate surface area is 147 Å². The fourth-order valence-electron chi connectivity index (χ4n) is 2.02. The fourth-order valence-corrected chi connectivity index (χ4v) is 2.41. The SMILES string of the molecule is CCNC(=NCc1coc(-c2ccc(C)cc2)n1)NCCS(N)(=O)=O. The van der Waals surface area contributed by atoms with Crippen molar-refractivity contribution in [3.8, 4) is 11.5 Å². The van der Waals surface area contributed by atoms with Crippen LogP contribution >= 0.6 is 0 Å². The first-order chi connectivity index (χ1) is 11.9. The third-order valence-electron chi connectivity index (χ3n) is 3.27. The molecule has 0 aliphatic carbocycles. The Balaban J connectivity index is 1.99. The van der Waals surface area contributed by atoms with Crippen molar-refractivity contribution >= 4 is 16.0 Å². The summed E-state index contributed by atoms with van der Waals surface area (Å²) in [5.41, 5.74) is 2.75. The number of nitrogens with two attached hydrogens (primary N) is 1. The normalized spacial score (nSPS) is 12.2. The van der Waals surface area contributed by atoms with Crippen LogP contribution in [0.4, 0.5) is 0 Å². The molecule has 9 heteroatoms. The number of guanidine groups is 1. The van der Waals surface area contributed by atoms with Crippen LogP contribution in [0, 0.1) is 6.92 Å². The van der Waals surface area contributed by atoms with Crippen LogP contribution in [0.3, 0.4) is 0 Å². The van der Waals surface area contributed by atoms with Crippen LogP contribution < -0.4 is 15.8 Å². The van der Waals surface area contributed by atoms with E-state index in [9.17, 15) is 8.42 Å². The van der Waals surface area contributed by atoms with E-state index in [1.807, 2.05) is 38.1 Å². The maximum Gasteiger partial charge on any atom is 0.226 e. The first-order valence-electron chi connectivity index (χ1n) is 7.91. The minimum Gasteiger partial charge on any atom is -0.444 e. The van der Waals surface area contributed by atoms with Gasteiger partial charge in [-0.2, -0.15) is 0 Å². The number of hydrogen-bond donors (Lipinski definition) is 3. The zero-order valence-electron chi connectivity index (χ0n) is 14.3. The molecule has 0 aliphatic rings. The van der Waals surface area contributed by atoms with Gasteiger partial charge in [0, 0.05) is 18.7 Å². The van der Waals surface area contributed by atoms with Gasteiger partial charge in [0.15, 0.2) is 5.96 Å². The molecular weight excluding hydrogens is 342 g/mol. The second-order valence-corrected chi connectivity index (χ2v) is 7.23. The van der Waals surface area contributed by atoms with E-state index in [4.69, 9.17) is 9.56 Å². The van der Waals surface area contributed by atoms with E-state index in [-0.39, 0.29) is 12.3 Å². The standard InChI is InChI=1S/C16H23N5O3S/c1-3-18-16(19-8-9-25(17,22)23)20-10-14-11-24-15(21-14)13-6-4-12(2)5-7-13/h4-7,11H,3,8-10H2,1-2H3,(H2,17,22,23)(H2,18,19,20). The van der Waals surface area contributed by atoms with Crippen molar-refractivity contribution in [2.75, 3.05) is 18.8 Å². The largest absolute Gasteiger partial charge is 0.444 e. The highest BCUT2D eigenvalue weighted by molar-refractivity contribution is 7.89. The Morgan fingerprint density at radius 1 is 1.28 bits per heavy atom. The number of primary sulfonamides is 1. The number of benzene rings is 1. The Bertz CT molecular complexity index is 813. The maximum absolute atomic E-state index is 11.0. The van der Waals surface area contributed by atoms with E-state index in [0.29, 0.717) is 30.6 Å². The molecule has 0 radical (unpaired) electrons. The van der Waals surface area contributed by atoms with Gasteiger partial charge in [-0.25, -0.2) is 23.5 Å². The number of sulfonamides is 1. The van der Waals surface area contributed by atoms with Gasteiger partial charge in [-0.3, -0.25) is 0 Å². The zero-order chi connectivity index (χ0) is 18.3. The van der Waals surface area contributed by atoms with Crippen molar-refractivity contribution in [2.45, 2.75) is 20.4 Å². The number of nitrogens with zero attached hydrogens (tertiary/aromatic N) is 2. The van der Waals surface area contributed by atoms with E-state index >= 15 is 0 Å². The lowest BCUT2D eigenvalue weighted by Gasteiger charge is -2.10. The van der Waals surface area contributed by atoms with Gasteiger partial charge < -0.3 is 15.1 Å². The van der Waals surface area contributed by atoms with Crippen molar-refractivity contribution in [2.24, 2.45) is 10.1 Å². The summed E-state index contributed by atoms with van der Waals surface area (Å²) in [4.78, 5) is 8.78. The van der Waals surface area contributed by atoms with Crippen LogP contribution in [0.5, 0.6) is 0 Å². The van der Waals surface area contributed by atoms with Crippen LogP contribution in [0.25, 0.3) is 11.5 Å². The molecule has 2 aromatic rings. The van der Waals surface area contributed by atoms with Crippen molar-refractivity contribution in [1.82, 2.24) is 15.6 Å². The highest BCUT2D eigenvalue weighted by atomic mass is 32.2. The molecule has 0 saturated heterocycles. The molecule has 1 aromatic carbocycles. The average molecular weight is 365 g/mol. The lowest BCUT2D eigenvalue weighted by molar-refractivity contribution is 0.572. The number of aromatic nitrogens is 1. The molecule has 0 spiro atoms. The lowest BCUT2D eigenvalue weighted by atomic mass is 10.1. The molecule has 25 heavy (non-hydrogen) atoms. The monoisotopic (exact) mass is 365 g/mol. The Morgan fingerprint density at radius 3 is 2.64 bits per heavy atom. The molecule has 1 heterocycles. The van der Waals surface area contributed by atoms with Crippen LogP contribution in [-0.2, 0) is 16.6 Å². The third kappa shape index (κ3) is 6.55. The summed E-state index contributed by atoms with van der Waals surface area (Å²) in [5, 5.41) is 10.9. The number of rotatable bonds is 7. The fraction of sp³-hybridized carbons (Fsp3) is 0.375. The Kier molecular flexibility index (Phi) is 6.54. The van der Waals surface area contributed by atoms with Crippen LogP contribution in [0.15, 0.2) is 39.9 Å². The molecule has 1 aromatic heterocycles. The minimum atomic E-state index is -3.50. The second kappa shape index (κ2) is 8.63. The molecule has 0 bridgehead atoms. The van der Waals surface area contributed by atoms with Gasteiger partial charge in [0.05, 0.1) is 12.3 Å². The predicted octanol–water partition coefficient (Wildman–Crippen LogP) is 0.994. The van der Waals surface area contributed by atoms with Gasteiger partial charge >= 0.3 is 0 Å². The van der Waals surface area contributed by atoms with Gasteiger partial charge in [-0.15, -0.1) is 0 Å². The summed E-state index contributed by atoms with van der Waals surface area (Å²) in [6.07, 6.45) is 1.56. The highest BCUT2D eigenvalue weighted by Gasteiger charge is 2.07. The van der Waals surface area contributed by atoms with E-state index in [1.54, 1.807) is 6.26 Å². The molecule has 0 atom stereocenters. The number of aliphatic imine (C=N–C) groups is 1. The van der Waals surface area contributed by atoms with E-state index in [2.05, 4.69) is 20.6 Å². The van der Waals surface area contributed by atoms with Gasteiger partial charge in [0.25, 0.3) is 0 Å². The average Bonchev–Trinajstić information content (AvgIpc) is 3.01. The molecule has 0 fully saturated rings. The maximum atomic E-state index is 11.0. The van der Waals surface area contributed by atoms with Gasteiger partial charge in [0.1, 0.15) is 12.0 Å². The predicted molar refractivity (Wildman–Crippen MR) is 97.5 cm³/mol. The second-order valence-electron chi connectivity index (χ2n) is 5.50. The summed E-state index contributed by atoms with van der Waals surface area (Å²) in [5.74, 6) is 0.863. The summed E-state index contributed by atoms with van der Waals surface area (Å²) >= 11 is 0. The molecule has 0 amide bonds. The van der Waals surface area contributed by atoms with Gasteiger partial charge in [0.2, 0.25) is 15.9 Å². The molecule has 2 rings (SSSR count).